The maximum Gasteiger partial charge on any atom is 0.0605 e. The van der Waals surface area contributed by atoms with E-state index in [2.05, 4.69) is 49.3 Å². The molecule has 0 amide bonds. The third-order valence-electron chi connectivity index (χ3n) is 3.10. The summed E-state index contributed by atoms with van der Waals surface area (Å²) in [6.45, 7) is 5.48. The van der Waals surface area contributed by atoms with Crippen molar-refractivity contribution in [3.63, 3.8) is 0 Å². The Hall–Kier alpha value is -1.18. The second-order valence-electron chi connectivity index (χ2n) is 4.05. The number of fused-ring (bicyclic) bond motifs is 1. The largest absolute Gasteiger partial charge is 0.381 e. The van der Waals surface area contributed by atoms with Crippen LogP contribution in [0.2, 0.25) is 0 Å². The maximum atomic E-state index is 3.45. The number of benzene rings is 1. The number of rotatable bonds is 1. The van der Waals surface area contributed by atoms with E-state index < -0.39 is 0 Å². The van der Waals surface area contributed by atoms with Crippen LogP contribution >= 0.6 is 0 Å². The van der Waals surface area contributed by atoms with Crippen molar-refractivity contribution >= 4 is 11.4 Å². The van der Waals surface area contributed by atoms with Crippen LogP contribution in [0.3, 0.4) is 0 Å². The zero-order valence-corrected chi connectivity index (χ0v) is 9.17. The molecular weight excluding hydrogens is 172 g/mol. The van der Waals surface area contributed by atoms with Crippen LogP contribution in [0.4, 0.5) is 11.4 Å². The second-order valence-corrected chi connectivity index (χ2v) is 4.05. The SMILES string of the molecule is CCc1ccc2c(c1)N(C)C(C)CN2. The molecule has 2 nitrogen and oxygen atoms in total. The Morgan fingerprint density at radius 3 is 3.00 bits per heavy atom. The van der Waals surface area contributed by atoms with Crippen molar-refractivity contribution in [1.29, 1.82) is 0 Å². The summed E-state index contributed by atoms with van der Waals surface area (Å²) in [6, 6.07) is 7.26. The first-order valence-electron chi connectivity index (χ1n) is 5.32. The minimum atomic E-state index is 0.578. The molecule has 0 fully saturated rings. The Labute approximate surface area is 85.9 Å². The van der Waals surface area contributed by atoms with Gasteiger partial charge < -0.3 is 10.2 Å². The van der Waals surface area contributed by atoms with E-state index >= 15 is 0 Å². The topological polar surface area (TPSA) is 15.3 Å². The molecule has 2 rings (SSSR count). The molecule has 2 heteroatoms. The fourth-order valence-corrected chi connectivity index (χ4v) is 1.87. The molecule has 0 saturated heterocycles. The Morgan fingerprint density at radius 1 is 1.50 bits per heavy atom. The average molecular weight is 190 g/mol. The fraction of sp³-hybridized carbons (Fsp3) is 0.500. The smallest absolute Gasteiger partial charge is 0.0605 e. The van der Waals surface area contributed by atoms with Gasteiger partial charge in [0.15, 0.2) is 0 Å². The van der Waals surface area contributed by atoms with Gasteiger partial charge in [-0.2, -0.15) is 0 Å². The van der Waals surface area contributed by atoms with Crippen LogP contribution in [0.5, 0.6) is 0 Å². The van der Waals surface area contributed by atoms with Crippen molar-refractivity contribution in [3.05, 3.63) is 23.8 Å². The van der Waals surface area contributed by atoms with Crippen molar-refractivity contribution in [2.75, 3.05) is 23.8 Å². The fourth-order valence-electron chi connectivity index (χ4n) is 1.87. The summed E-state index contributed by atoms with van der Waals surface area (Å²) in [5.74, 6) is 0. The third kappa shape index (κ3) is 1.45. The molecule has 0 saturated carbocycles. The van der Waals surface area contributed by atoms with Gasteiger partial charge in [-0.3, -0.25) is 0 Å². The highest BCUT2D eigenvalue weighted by Crippen LogP contribution is 2.31. The summed E-state index contributed by atoms with van der Waals surface area (Å²) in [6.07, 6.45) is 1.11. The zero-order chi connectivity index (χ0) is 10.1. The molecule has 76 valence electrons. The molecule has 1 aromatic rings. The van der Waals surface area contributed by atoms with E-state index in [0.29, 0.717) is 6.04 Å². The Balaban J connectivity index is 2.41. The van der Waals surface area contributed by atoms with Gasteiger partial charge in [-0.1, -0.05) is 13.0 Å². The quantitative estimate of drug-likeness (QED) is 0.732. The molecule has 0 radical (unpaired) electrons. The molecule has 14 heavy (non-hydrogen) atoms. The number of nitrogens with one attached hydrogen (secondary N) is 1. The van der Waals surface area contributed by atoms with Crippen molar-refractivity contribution in [1.82, 2.24) is 0 Å². The summed E-state index contributed by atoms with van der Waals surface area (Å²) >= 11 is 0. The first-order valence-corrected chi connectivity index (χ1v) is 5.32. The van der Waals surface area contributed by atoms with Gasteiger partial charge in [0.25, 0.3) is 0 Å². The lowest BCUT2D eigenvalue weighted by atomic mass is 10.1. The molecule has 1 aliphatic heterocycles. The summed E-state index contributed by atoms with van der Waals surface area (Å²) in [7, 11) is 2.17. The third-order valence-corrected chi connectivity index (χ3v) is 3.10. The van der Waals surface area contributed by atoms with Gasteiger partial charge in [0.1, 0.15) is 0 Å². The van der Waals surface area contributed by atoms with E-state index in [1.54, 1.807) is 0 Å². The maximum absolute atomic E-state index is 3.45. The van der Waals surface area contributed by atoms with Crippen LogP contribution in [0, 0.1) is 0 Å². The van der Waals surface area contributed by atoms with Crippen LogP contribution in [0.15, 0.2) is 18.2 Å². The van der Waals surface area contributed by atoms with E-state index in [1.165, 1.54) is 16.9 Å². The highest BCUT2D eigenvalue weighted by Gasteiger charge is 2.18. The van der Waals surface area contributed by atoms with Crippen molar-refractivity contribution in [2.45, 2.75) is 26.3 Å². The molecule has 1 atom stereocenters. The first-order chi connectivity index (χ1) is 6.72. The van der Waals surface area contributed by atoms with Crippen LogP contribution in [0.25, 0.3) is 0 Å². The zero-order valence-electron chi connectivity index (χ0n) is 9.17. The molecule has 0 aliphatic carbocycles. The first kappa shape index (κ1) is 9.38. The summed E-state index contributed by atoms with van der Waals surface area (Å²) in [4.78, 5) is 2.35. The van der Waals surface area contributed by atoms with Gasteiger partial charge in [0.05, 0.1) is 11.4 Å². The molecule has 1 heterocycles. The lowest BCUT2D eigenvalue weighted by molar-refractivity contribution is 0.699. The van der Waals surface area contributed by atoms with Gasteiger partial charge in [-0.25, -0.2) is 0 Å². The van der Waals surface area contributed by atoms with Gasteiger partial charge in [0, 0.05) is 19.6 Å². The summed E-state index contributed by atoms with van der Waals surface area (Å²) in [5, 5.41) is 3.45. The monoisotopic (exact) mass is 190 g/mol. The van der Waals surface area contributed by atoms with E-state index in [9.17, 15) is 0 Å². The molecule has 1 aliphatic rings. The number of anilines is 2. The number of aryl methyl sites for hydroxylation is 1. The second kappa shape index (κ2) is 3.52. The van der Waals surface area contributed by atoms with Gasteiger partial charge >= 0.3 is 0 Å². The predicted molar refractivity (Wildman–Crippen MR) is 62.2 cm³/mol. The lowest BCUT2D eigenvalue weighted by Crippen LogP contribution is -2.39. The Bertz CT molecular complexity index is 333. The molecule has 0 spiro atoms. The van der Waals surface area contributed by atoms with Crippen LogP contribution in [0.1, 0.15) is 19.4 Å². The summed E-state index contributed by atoms with van der Waals surface area (Å²) < 4.78 is 0. The highest BCUT2D eigenvalue weighted by atomic mass is 15.2. The minimum Gasteiger partial charge on any atom is -0.381 e. The number of likely N-dealkylation sites (N-methyl/N-ethyl adjacent to an activating group) is 1. The van der Waals surface area contributed by atoms with Crippen molar-refractivity contribution in [2.24, 2.45) is 0 Å². The molecule has 1 unspecified atom stereocenters. The molecular formula is C12H18N2. The van der Waals surface area contributed by atoms with Crippen molar-refractivity contribution in [3.8, 4) is 0 Å². The molecule has 0 bridgehead atoms. The summed E-state index contributed by atoms with van der Waals surface area (Å²) in [5.41, 5.74) is 4.01. The average Bonchev–Trinajstić information content (AvgIpc) is 2.23. The Morgan fingerprint density at radius 2 is 2.29 bits per heavy atom. The van der Waals surface area contributed by atoms with E-state index in [4.69, 9.17) is 0 Å². The van der Waals surface area contributed by atoms with Crippen LogP contribution in [-0.2, 0) is 6.42 Å². The number of nitrogens with zero attached hydrogens (tertiary/aromatic N) is 1. The lowest BCUT2D eigenvalue weighted by Gasteiger charge is -2.35. The van der Waals surface area contributed by atoms with Crippen molar-refractivity contribution < 1.29 is 0 Å². The minimum absolute atomic E-state index is 0.578. The van der Waals surface area contributed by atoms with E-state index in [-0.39, 0.29) is 0 Å². The Kier molecular flexibility index (Phi) is 2.36. The molecule has 1 aromatic carbocycles. The number of hydrogen-bond donors (Lipinski definition) is 1. The van der Waals surface area contributed by atoms with Gasteiger partial charge in [-0.05, 0) is 31.0 Å². The highest BCUT2D eigenvalue weighted by molar-refractivity contribution is 5.73. The molecule has 0 aromatic heterocycles. The normalized spacial score (nSPS) is 20.2. The standard InChI is InChI=1S/C12H18N2/c1-4-10-5-6-11-12(7-10)14(3)9(2)8-13-11/h5-7,9,13H,4,8H2,1-3H3. The predicted octanol–water partition coefficient (Wildman–Crippen LogP) is 2.50. The van der Waals surface area contributed by atoms with E-state index in [1.807, 2.05) is 0 Å². The van der Waals surface area contributed by atoms with Gasteiger partial charge in [-0.15, -0.1) is 0 Å². The van der Waals surface area contributed by atoms with Crippen LogP contribution in [-0.4, -0.2) is 19.6 Å². The van der Waals surface area contributed by atoms with Crippen LogP contribution < -0.4 is 10.2 Å². The molecule has 1 N–H and O–H groups in total. The van der Waals surface area contributed by atoms with Gasteiger partial charge in [0.2, 0.25) is 0 Å². The number of hydrogen-bond acceptors (Lipinski definition) is 2. The van der Waals surface area contributed by atoms with E-state index in [0.717, 1.165) is 13.0 Å².